The average molecular weight is 432 g/mol. The summed E-state index contributed by atoms with van der Waals surface area (Å²) in [4.78, 5) is 0. The number of aliphatic hydroxyl groups is 4. The molecule has 2 aromatic carbocycles. The van der Waals surface area contributed by atoms with E-state index in [1.54, 1.807) is 24.3 Å². The second-order valence-corrected chi connectivity index (χ2v) is 7.35. The quantitative estimate of drug-likeness (QED) is 0.399. The Morgan fingerprint density at radius 2 is 1.71 bits per heavy atom. The molecule has 1 fully saturated rings. The summed E-state index contributed by atoms with van der Waals surface area (Å²) in [7, 11) is 0. The van der Waals surface area contributed by atoms with Crippen molar-refractivity contribution in [2.24, 2.45) is 0 Å². The normalized spacial score (nSPS) is 27.5. The van der Waals surface area contributed by atoms with Gasteiger partial charge in [0.15, 0.2) is 11.5 Å². The van der Waals surface area contributed by atoms with Crippen molar-refractivity contribution >= 4 is 11.0 Å². The lowest BCUT2D eigenvalue weighted by molar-refractivity contribution is -0.277. The van der Waals surface area contributed by atoms with Gasteiger partial charge in [-0.2, -0.15) is 0 Å². The highest BCUT2D eigenvalue weighted by Gasteiger charge is 2.45. The van der Waals surface area contributed by atoms with Gasteiger partial charge < -0.3 is 48.9 Å². The van der Waals surface area contributed by atoms with Gasteiger partial charge in [-0.05, 0) is 24.3 Å². The van der Waals surface area contributed by atoms with Crippen LogP contribution in [0, 0.1) is 0 Å². The van der Waals surface area contributed by atoms with Crippen LogP contribution in [0.2, 0.25) is 0 Å². The van der Waals surface area contributed by atoms with Gasteiger partial charge in [0.2, 0.25) is 13.1 Å². The summed E-state index contributed by atoms with van der Waals surface area (Å²) in [5.74, 6) is 1.56. The number of fused-ring (bicyclic) bond motifs is 2. The zero-order valence-electron chi connectivity index (χ0n) is 16.0. The maximum atomic E-state index is 10.3. The standard InChI is InChI=1S/C21H20O10/c22-7-17-18(24)19(25)20(26)21(31-17)30-14-5-10(23)1-2-11(14)13-3-9-4-15-16(28-8-27-15)6-12(9)29-13/h1-6,17-26H,7-8H2/t17-,18-,19+,20-,21-/m1/s1. The highest BCUT2D eigenvalue weighted by atomic mass is 16.7. The molecule has 0 aliphatic carbocycles. The number of phenolic OH excluding ortho intramolecular Hbond substituents is 1. The summed E-state index contributed by atoms with van der Waals surface area (Å²) >= 11 is 0. The van der Waals surface area contributed by atoms with Gasteiger partial charge in [0.05, 0.1) is 12.2 Å². The van der Waals surface area contributed by atoms with Crippen molar-refractivity contribution in [1.82, 2.24) is 0 Å². The van der Waals surface area contributed by atoms with Crippen molar-refractivity contribution in [3.05, 3.63) is 36.4 Å². The molecule has 2 aliphatic heterocycles. The molecule has 0 spiro atoms. The lowest BCUT2D eigenvalue weighted by atomic mass is 9.99. The largest absolute Gasteiger partial charge is 0.508 e. The molecule has 1 saturated heterocycles. The maximum absolute atomic E-state index is 10.3. The number of furan rings is 1. The summed E-state index contributed by atoms with van der Waals surface area (Å²) in [5.41, 5.74) is 0.985. The molecule has 0 unspecified atom stereocenters. The lowest BCUT2D eigenvalue weighted by Crippen LogP contribution is -2.60. The fraction of sp³-hybridized carbons (Fsp3) is 0.333. The molecule has 5 atom stereocenters. The maximum Gasteiger partial charge on any atom is 0.231 e. The van der Waals surface area contributed by atoms with E-state index in [4.69, 9.17) is 23.4 Å². The molecule has 164 valence electrons. The molecular weight excluding hydrogens is 412 g/mol. The number of phenols is 1. The third kappa shape index (κ3) is 3.44. The van der Waals surface area contributed by atoms with E-state index in [9.17, 15) is 25.5 Å². The van der Waals surface area contributed by atoms with Gasteiger partial charge in [-0.25, -0.2) is 0 Å². The highest BCUT2D eigenvalue weighted by molar-refractivity contribution is 5.87. The van der Waals surface area contributed by atoms with Crippen LogP contribution in [0.25, 0.3) is 22.3 Å². The smallest absolute Gasteiger partial charge is 0.231 e. The molecule has 2 aliphatic rings. The number of ether oxygens (including phenoxy) is 4. The van der Waals surface area contributed by atoms with Crippen molar-refractivity contribution in [1.29, 1.82) is 0 Å². The van der Waals surface area contributed by atoms with Gasteiger partial charge >= 0.3 is 0 Å². The minimum atomic E-state index is -1.60. The van der Waals surface area contributed by atoms with Crippen molar-refractivity contribution in [3.8, 4) is 34.3 Å². The second-order valence-electron chi connectivity index (χ2n) is 7.35. The SMILES string of the molecule is OC[C@H]1O[C@@H](Oc2cc(O)ccc2-c2cc3cc4c(cc3o2)OCO4)[C@H](O)[C@@H](O)[C@@H]1O. The van der Waals surface area contributed by atoms with Gasteiger partial charge in [0, 0.05) is 17.5 Å². The summed E-state index contributed by atoms with van der Waals surface area (Å²) < 4.78 is 27.8. The Hall–Kier alpha value is -3.02. The van der Waals surface area contributed by atoms with Crippen LogP contribution in [0.1, 0.15) is 0 Å². The Labute approximate surface area is 175 Å². The van der Waals surface area contributed by atoms with Crippen LogP contribution >= 0.6 is 0 Å². The topological polar surface area (TPSA) is 151 Å². The average Bonchev–Trinajstić information content (AvgIpc) is 3.38. The van der Waals surface area contributed by atoms with Crippen LogP contribution in [-0.2, 0) is 4.74 Å². The zero-order chi connectivity index (χ0) is 21.7. The third-order valence-electron chi connectivity index (χ3n) is 5.33. The van der Waals surface area contributed by atoms with Gasteiger partial charge in [0.1, 0.15) is 47.3 Å². The number of rotatable bonds is 4. The van der Waals surface area contributed by atoms with E-state index in [2.05, 4.69) is 0 Å². The Bertz CT molecular complexity index is 1070. The van der Waals surface area contributed by atoms with Crippen LogP contribution in [-0.4, -0.2) is 69.6 Å². The molecule has 1 aromatic heterocycles. The molecular formula is C21H20O10. The summed E-state index contributed by atoms with van der Waals surface area (Å²) in [6, 6.07) is 9.55. The Balaban J connectivity index is 1.50. The van der Waals surface area contributed by atoms with Gasteiger partial charge in [-0.1, -0.05) is 0 Å². The van der Waals surface area contributed by atoms with Crippen LogP contribution in [0.4, 0.5) is 0 Å². The zero-order valence-corrected chi connectivity index (χ0v) is 16.0. The first-order chi connectivity index (χ1) is 14.9. The number of benzene rings is 2. The lowest BCUT2D eigenvalue weighted by Gasteiger charge is -2.39. The number of aromatic hydroxyl groups is 1. The summed E-state index contributed by atoms with van der Waals surface area (Å²) in [5, 5.41) is 50.3. The molecule has 0 saturated carbocycles. The summed E-state index contributed by atoms with van der Waals surface area (Å²) in [6.07, 6.45) is -7.24. The Morgan fingerprint density at radius 1 is 0.935 bits per heavy atom. The first kappa shape index (κ1) is 19.9. The second kappa shape index (κ2) is 7.59. The molecule has 3 aromatic rings. The fourth-order valence-corrected chi connectivity index (χ4v) is 3.66. The van der Waals surface area contributed by atoms with Gasteiger partial charge in [0.25, 0.3) is 0 Å². The Kier molecular flexibility index (Phi) is 4.88. The molecule has 10 nitrogen and oxygen atoms in total. The van der Waals surface area contributed by atoms with E-state index in [-0.39, 0.29) is 18.3 Å². The number of aliphatic hydroxyl groups excluding tert-OH is 4. The van der Waals surface area contributed by atoms with E-state index < -0.39 is 37.3 Å². The molecule has 0 amide bonds. The van der Waals surface area contributed by atoms with Gasteiger partial charge in [-0.3, -0.25) is 0 Å². The third-order valence-corrected chi connectivity index (χ3v) is 5.33. The molecule has 3 heterocycles. The monoisotopic (exact) mass is 432 g/mol. The predicted molar refractivity (Wildman–Crippen MR) is 104 cm³/mol. The predicted octanol–water partition coefficient (Wildman–Crippen LogP) is 0.713. The van der Waals surface area contributed by atoms with Gasteiger partial charge in [-0.15, -0.1) is 0 Å². The van der Waals surface area contributed by atoms with E-state index in [0.29, 0.717) is 28.4 Å². The van der Waals surface area contributed by atoms with E-state index in [0.717, 1.165) is 5.39 Å². The fourth-order valence-electron chi connectivity index (χ4n) is 3.66. The molecule has 0 radical (unpaired) electrons. The van der Waals surface area contributed by atoms with Crippen molar-refractivity contribution < 1.29 is 48.9 Å². The van der Waals surface area contributed by atoms with Crippen molar-refractivity contribution in [3.63, 3.8) is 0 Å². The van der Waals surface area contributed by atoms with E-state index in [1.807, 2.05) is 0 Å². The van der Waals surface area contributed by atoms with Crippen LogP contribution in [0.5, 0.6) is 23.0 Å². The van der Waals surface area contributed by atoms with Crippen LogP contribution < -0.4 is 14.2 Å². The van der Waals surface area contributed by atoms with Crippen LogP contribution in [0.3, 0.4) is 0 Å². The van der Waals surface area contributed by atoms with E-state index in [1.165, 1.54) is 12.1 Å². The Morgan fingerprint density at radius 3 is 2.48 bits per heavy atom. The highest BCUT2D eigenvalue weighted by Crippen LogP contribution is 2.42. The first-order valence-electron chi connectivity index (χ1n) is 9.58. The minimum Gasteiger partial charge on any atom is -0.508 e. The van der Waals surface area contributed by atoms with Crippen molar-refractivity contribution in [2.45, 2.75) is 30.7 Å². The first-order valence-corrected chi connectivity index (χ1v) is 9.58. The molecule has 31 heavy (non-hydrogen) atoms. The number of hydrogen-bond acceptors (Lipinski definition) is 10. The molecule has 0 bridgehead atoms. The minimum absolute atomic E-state index is 0.100. The van der Waals surface area contributed by atoms with Crippen LogP contribution in [0.15, 0.2) is 40.8 Å². The molecule has 5 rings (SSSR count). The number of hydrogen-bond donors (Lipinski definition) is 5. The molecule has 5 N–H and O–H groups in total. The van der Waals surface area contributed by atoms with Crippen molar-refractivity contribution in [2.75, 3.05) is 13.4 Å². The summed E-state index contributed by atoms with van der Waals surface area (Å²) in [6.45, 7) is -0.445. The van der Waals surface area contributed by atoms with E-state index >= 15 is 0 Å². The molecule has 10 heteroatoms.